The standard InChI is InChI=1S/C30H25NO6/c1-16(2)22-14-23-20(13-27(32)37-26(23)11-18(22)4)15-36-30(35)19-9-10-21-24(12-19)29(34)31(28(21)33)25-8-6-5-7-17(25)3/h5-14,16H,15H2,1-4H3. The number of hydrogen-bond donors (Lipinski definition) is 0. The summed E-state index contributed by atoms with van der Waals surface area (Å²) in [7, 11) is 0. The summed E-state index contributed by atoms with van der Waals surface area (Å²) in [6.07, 6.45) is 0. The van der Waals surface area contributed by atoms with Crippen LogP contribution in [-0.4, -0.2) is 17.8 Å². The number of ether oxygens (including phenoxy) is 1. The van der Waals surface area contributed by atoms with Gasteiger partial charge in [-0.05, 0) is 72.9 Å². The van der Waals surface area contributed by atoms with Gasteiger partial charge in [0, 0.05) is 17.0 Å². The van der Waals surface area contributed by atoms with Crippen LogP contribution in [0.5, 0.6) is 0 Å². The fourth-order valence-corrected chi connectivity index (χ4v) is 4.76. The maximum absolute atomic E-state index is 13.1. The van der Waals surface area contributed by atoms with E-state index in [0.717, 1.165) is 21.6 Å². The number of aryl methyl sites for hydroxylation is 2. The van der Waals surface area contributed by atoms with Crippen LogP contribution in [0.1, 0.15) is 73.1 Å². The van der Waals surface area contributed by atoms with Gasteiger partial charge in [0.1, 0.15) is 12.2 Å². The molecule has 0 saturated carbocycles. The van der Waals surface area contributed by atoms with E-state index in [9.17, 15) is 19.2 Å². The largest absolute Gasteiger partial charge is 0.457 e. The van der Waals surface area contributed by atoms with Crippen molar-refractivity contribution in [1.82, 2.24) is 0 Å². The number of anilines is 1. The molecular weight excluding hydrogens is 470 g/mol. The van der Waals surface area contributed by atoms with Crippen LogP contribution in [0.4, 0.5) is 5.69 Å². The molecule has 3 aromatic carbocycles. The average Bonchev–Trinajstić information content (AvgIpc) is 3.11. The van der Waals surface area contributed by atoms with Crippen molar-refractivity contribution in [1.29, 1.82) is 0 Å². The summed E-state index contributed by atoms with van der Waals surface area (Å²) in [6, 6.07) is 16.5. The Morgan fingerprint density at radius 3 is 2.35 bits per heavy atom. The van der Waals surface area contributed by atoms with Crippen LogP contribution < -0.4 is 10.5 Å². The molecule has 4 aromatic rings. The van der Waals surface area contributed by atoms with Gasteiger partial charge in [0.15, 0.2) is 0 Å². The second-order valence-electron chi connectivity index (χ2n) is 9.52. The number of carbonyl (C=O) groups is 3. The molecule has 0 atom stereocenters. The van der Waals surface area contributed by atoms with Crippen LogP contribution in [0.3, 0.4) is 0 Å². The third kappa shape index (κ3) is 4.22. The zero-order valence-corrected chi connectivity index (χ0v) is 21.0. The van der Waals surface area contributed by atoms with E-state index in [1.807, 2.05) is 38.1 Å². The van der Waals surface area contributed by atoms with Crippen molar-refractivity contribution >= 4 is 34.4 Å². The maximum Gasteiger partial charge on any atom is 0.338 e. The van der Waals surface area contributed by atoms with E-state index < -0.39 is 23.4 Å². The number of imide groups is 1. The number of amides is 2. The lowest BCUT2D eigenvalue weighted by atomic mass is 9.95. The minimum atomic E-state index is -0.671. The van der Waals surface area contributed by atoms with Crippen LogP contribution in [0.15, 0.2) is 69.9 Å². The molecule has 2 heterocycles. The number of esters is 1. The quantitative estimate of drug-likeness (QED) is 0.201. The Kier molecular flexibility index (Phi) is 5.99. The first-order valence-electron chi connectivity index (χ1n) is 12.0. The van der Waals surface area contributed by atoms with Gasteiger partial charge < -0.3 is 9.15 Å². The number of rotatable bonds is 5. The molecule has 0 fully saturated rings. The van der Waals surface area contributed by atoms with E-state index in [4.69, 9.17) is 9.15 Å². The van der Waals surface area contributed by atoms with E-state index in [-0.39, 0.29) is 29.2 Å². The monoisotopic (exact) mass is 495 g/mol. The molecule has 2 amide bonds. The van der Waals surface area contributed by atoms with Crippen molar-refractivity contribution in [3.63, 3.8) is 0 Å². The molecule has 0 radical (unpaired) electrons. The third-order valence-electron chi connectivity index (χ3n) is 6.68. The number of carbonyl (C=O) groups excluding carboxylic acids is 3. The van der Waals surface area contributed by atoms with E-state index in [0.29, 0.717) is 22.2 Å². The zero-order valence-electron chi connectivity index (χ0n) is 21.0. The van der Waals surface area contributed by atoms with Crippen molar-refractivity contribution in [3.05, 3.63) is 110 Å². The molecule has 0 bridgehead atoms. The van der Waals surface area contributed by atoms with Crippen LogP contribution >= 0.6 is 0 Å². The van der Waals surface area contributed by atoms with Gasteiger partial charge in [-0.1, -0.05) is 32.0 Å². The van der Waals surface area contributed by atoms with Gasteiger partial charge in [-0.2, -0.15) is 0 Å². The van der Waals surface area contributed by atoms with Gasteiger partial charge in [0.05, 0.1) is 22.4 Å². The highest BCUT2D eigenvalue weighted by Gasteiger charge is 2.37. The lowest BCUT2D eigenvalue weighted by molar-refractivity contribution is 0.0473. The summed E-state index contributed by atoms with van der Waals surface area (Å²) in [5.74, 6) is -1.34. The molecule has 37 heavy (non-hydrogen) atoms. The number of para-hydroxylation sites is 1. The smallest absolute Gasteiger partial charge is 0.338 e. The van der Waals surface area contributed by atoms with Crippen LogP contribution in [-0.2, 0) is 11.3 Å². The number of nitrogens with zero attached hydrogens (tertiary/aromatic N) is 1. The second kappa shape index (κ2) is 9.17. The Bertz CT molecular complexity index is 1660. The summed E-state index contributed by atoms with van der Waals surface area (Å²) >= 11 is 0. The number of fused-ring (bicyclic) bond motifs is 2. The summed E-state index contributed by atoms with van der Waals surface area (Å²) in [6.45, 7) is 7.78. The highest BCUT2D eigenvalue weighted by atomic mass is 16.5. The number of benzene rings is 3. The van der Waals surface area contributed by atoms with Crippen LogP contribution in [0, 0.1) is 13.8 Å². The molecule has 7 heteroatoms. The fraction of sp³-hybridized carbons (Fsp3) is 0.200. The molecule has 7 nitrogen and oxygen atoms in total. The van der Waals surface area contributed by atoms with Crippen molar-refractivity contribution in [2.45, 2.75) is 40.2 Å². The van der Waals surface area contributed by atoms with Crippen molar-refractivity contribution < 1.29 is 23.5 Å². The molecule has 1 aliphatic heterocycles. The molecular formula is C30H25NO6. The van der Waals surface area contributed by atoms with Gasteiger partial charge >= 0.3 is 11.6 Å². The van der Waals surface area contributed by atoms with E-state index in [2.05, 4.69) is 13.8 Å². The second-order valence-corrected chi connectivity index (χ2v) is 9.52. The van der Waals surface area contributed by atoms with Crippen LogP contribution in [0.25, 0.3) is 11.0 Å². The lowest BCUT2D eigenvalue weighted by Crippen LogP contribution is -2.29. The minimum absolute atomic E-state index is 0.137. The molecule has 0 saturated heterocycles. The Morgan fingerprint density at radius 2 is 1.62 bits per heavy atom. The Morgan fingerprint density at radius 1 is 0.892 bits per heavy atom. The fourth-order valence-electron chi connectivity index (χ4n) is 4.76. The lowest BCUT2D eigenvalue weighted by Gasteiger charge is -2.16. The first-order valence-corrected chi connectivity index (χ1v) is 12.0. The van der Waals surface area contributed by atoms with Gasteiger partial charge in [-0.25, -0.2) is 14.5 Å². The summed E-state index contributed by atoms with van der Waals surface area (Å²) in [5, 5.41) is 0.699. The molecule has 0 N–H and O–H groups in total. The molecule has 0 spiro atoms. The summed E-state index contributed by atoms with van der Waals surface area (Å²) in [4.78, 5) is 52.3. The van der Waals surface area contributed by atoms with Gasteiger partial charge in [-0.15, -0.1) is 0 Å². The van der Waals surface area contributed by atoms with E-state index >= 15 is 0 Å². The Hall–Kier alpha value is -4.52. The summed E-state index contributed by atoms with van der Waals surface area (Å²) in [5.41, 5.74) is 4.34. The average molecular weight is 496 g/mol. The van der Waals surface area contributed by atoms with Crippen molar-refractivity contribution in [3.8, 4) is 0 Å². The highest BCUT2D eigenvalue weighted by molar-refractivity contribution is 6.34. The minimum Gasteiger partial charge on any atom is -0.457 e. The number of hydrogen-bond acceptors (Lipinski definition) is 6. The Balaban J connectivity index is 1.42. The van der Waals surface area contributed by atoms with Gasteiger partial charge in [0.25, 0.3) is 11.8 Å². The summed E-state index contributed by atoms with van der Waals surface area (Å²) < 4.78 is 10.9. The van der Waals surface area contributed by atoms with Gasteiger partial charge in [-0.3, -0.25) is 9.59 Å². The normalized spacial score (nSPS) is 12.9. The predicted molar refractivity (Wildman–Crippen MR) is 139 cm³/mol. The van der Waals surface area contributed by atoms with Crippen molar-refractivity contribution in [2.75, 3.05) is 4.90 Å². The van der Waals surface area contributed by atoms with Crippen LogP contribution in [0.2, 0.25) is 0 Å². The third-order valence-corrected chi connectivity index (χ3v) is 6.68. The molecule has 186 valence electrons. The predicted octanol–water partition coefficient (Wildman–Crippen LogP) is 5.69. The molecule has 5 rings (SSSR count). The van der Waals surface area contributed by atoms with Gasteiger partial charge in [0.2, 0.25) is 0 Å². The SMILES string of the molecule is Cc1cc2oc(=O)cc(COC(=O)c3ccc4c(c3)C(=O)N(c3ccccc3C)C4=O)c2cc1C(C)C. The zero-order chi connectivity index (χ0) is 26.4. The first-order chi connectivity index (χ1) is 17.7. The Labute approximate surface area is 213 Å². The van der Waals surface area contributed by atoms with E-state index in [1.165, 1.54) is 24.3 Å². The topological polar surface area (TPSA) is 93.9 Å². The molecule has 1 aliphatic rings. The highest BCUT2D eigenvalue weighted by Crippen LogP contribution is 2.31. The molecule has 1 aromatic heterocycles. The molecule has 0 aliphatic carbocycles. The molecule has 0 unspecified atom stereocenters. The first kappa shape index (κ1) is 24.2. The maximum atomic E-state index is 13.1. The van der Waals surface area contributed by atoms with E-state index in [1.54, 1.807) is 12.1 Å². The van der Waals surface area contributed by atoms with Crippen molar-refractivity contribution in [2.24, 2.45) is 0 Å².